The Labute approximate surface area is 162 Å². The molecule has 0 radical (unpaired) electrons. The van der Waals surface area contributed by atoms with E-state index in [0.29, 0.717) is 0 Å². The van der Waals surface area contributed by atoms with Crippen molar-refractivity contribution in [2.45, 2.75) is 27.7 Å². The van der Waals surface area contributed by atoms with Crippen LogP contribution in [-0.4, -0.2) is 8.42 Å². The molecular weight excluding hydrogens is 363 g/mol. The predicted molar refractivity (Wildman–Crippen MR) is 112 cm³/mol. The van der Waals surface area contributed by atoms with Gasteiger partial charge in [0.2, 0.25) is 0 Å². The number of hydrogen-bond acceptors (Lipinski definition) is 3. The molecular formula is C22H27FO3S. The van der Waals surface area contributed by atoms with Gasteiger partial charge in [0, 0.05) is 0 Å². The minimum Gasteiger partial charge on any atom is -0.358 e. The zero-order chi connectivity index (χ0) is 20.5. The Hall–Kier alpha value is -2.66. The summed E-state index contributed by atoms with van der Waals surface area (Å²) in [6.45, 7) is 8.00. The number of para-hydroxylation sites is 1. The standard InChI is InChI=1S/C12H10.C6H5FO3S.2C2H6/c1-3-7-11(8-4-1)12-9-5-2-6-10-12;7-11(8,9)10-6-4-2-1-3-5-6;2*1-2/h1-10H;1-5H;2*1-2H3. The Morgan fingerprint density at radius 3 is 1.19 bits per heavy atom. The number of benzene rings is 3. The molecule has 0 heterocycles. The Bertz CT molecular complexity index is 768. The highest BCUT2D eigenvalue weighted by Crippen LogP contribution is 2.17. The minimum atomic E-state index is -4.88. The molecule has 0 saturated heterocycles. The molecule has 3 aromatic carbocycles. The van der Waals surface area contributed by atoms with Crippen LogP contribution in [0.2, 0.25) is 0 Å². The Kier molecular flexibility index (Phi) is 13.1. The number of hydrogen-bond donors (Lipinski definition) is 0. The largest absolute Gasteiger partial charge is 0.488 e. The molecule has 0 aliphatic carbocycles. The van der Waals surface area contributed by atoms with Gasteiger partial charge in [-0.2, -0.15) is 8.42 Å². The fourth-order valence-electron chi connectivity index (χ4n) is 1.85. The molecule has 0 aliphatic rings. The summed E-state index contributed by atoms with van der Waals surface area (Å²) in [5.74, 6) is -0.0324. The van der Waals surface area contributed by atoms with E-state index in [-0.39, 0.29) is 5.75 Å². The van der Waals surface area contributed by atoms with Crippen molar-refractivity contribution < 1.29 is 16.5 Å². The van der Waals surface area contributed by atoms with Crippen LogP contribution < -0.4 is 4.18 Å². The van der Waals surface area contributed by atoms with Gasteiger partial charge in [-0.15, -0.1) is 0 Å². The van der Waals surface area contributed by atoms with Gasteiger partial charge >= 0.3 is 10.5 Å². The summed E-state index contributed by atoms with van der Waals surface area (Å²) in [4.78, 5) is 0. The summed E-state index contributed by atoms with van der Waals surface area (Å²) in [5.41, 5.74) is 2.55. The van der Waals surface area contributed by atoms with Gasteiger partial charge in [0.05, 0.1) is 0 Å². The average molecular weight is 391 g/mol. The van der Waals surface area contributed by atoms with E-state index in [2.05, 4.69) is 52.7 Å². The summed E-state index contributed by atoms with van der Waals surface area (Å²) < 4.78 is 35.6. The van der Waals surface area contributed by atoms with Crippen molar-refractivity contribution >= 4 is 10.5 Å². The molecule has 0 bridgehead atoms. The third-order valence-electron chi connectivity index (χ3n) is 2.82. The first-order valence-corrected chi connectivity index (χ1v) is 10.1. The maximum atomic E-state index is 11.8. The first-order valence-electron chi connectivity index (χ1n) is 8.84. The second-order valence-corrected chi connectivity index (χ2v) is 5.47. The van der Waals surface area contributed by atoms with Crippen LogP contribution in [-0.2, 0) is 10.5 Å². The van der Waals surface area contributed by atoms with E-state index in [1.54, 1.807) is 18.2 Å². The normalized spacial score (nSPS) is 9.22. The van der Waals surface area contributed by atoms with Crippen LogP contribution in [0.1, 0.15) is 27.7 Å². The van der Waals surface area contributed by atoms with Crippen LogP contribution in [0.15, 0.2) is 91.0 Å². The molecule has 27 heavy (non-hydrogen) atoms. The van der Waals surface area contributed by atoms with Crippen LogP contribution >= 0.6 is 0 Å². The molecule has 0 spiro atoms. The molecule has 3 rings (SSSR count). The average Bonchev–Trinajstić information content (AvgIpc) is 2.72. The lowest BCUT2D eigenvalue weighted by molar-refractivity contribution is 0.440. The third-order valence-corrected chi connectivity index (χ3v) is 3.21. The zero-order valence-electron chi connectivity index (χ0n) is 16.2. The summed E-state index contributed by atoms with van der Waals surface area (Å²) in [5, 5.41) is 0. The summed E-state index contributed by atoms with van der Waals surface area (Å²) in [7, 11) is -4.88. The molecule has 0 saturated carbocycles. The van der Waals surface area contributed by atoms with Gasteiger partial charge in [-0.05, 0) is 23.3 Å². The molecule has 0 atom stereocenters. The van der Waals surface area contributed by atoms with Gasteiger partial charge in [-0.3, -0.25) is 0 Å². The summed E-state index contributed by atoms with van der Waals surface area (Å²) >= 11 is 0. The molecule has 0 aliphatic heterocycles. The fraction of sp³-hybridized carbons (Fsp3) is 0.182. The lowest BCUT2D eigenvalue weighted by Crippen LogP contribution is -2.00. The monoisotopic (exact) mass is 390 g/mol. The van der Waals surface area contributed by atoms with E-state index < -0.39 is 10.5 Å². The SMILES string of the molecule is CC.CC.O=S(=O)(F)Oc1ccccc1.c1ccc(-c2ccccc2)cc1. The first-order chi connectivity index (χ1) is 13.0. The van der Waals surface area contributed by atoms with E-state index in [0.717, 1.165) is 0 Å². The van der Waals surface area contributed by atoms with Crippen molar-refractivity contribution in [2.75, 3.05) is 0 Å². The Morgan fingerprint density at radius 1 is 0.593 bits per heavy atom. The van der Waals surface area contributed by atoms with Gasteiger partial charge in [-0.25, -0.2) is 0 Å². The topological polar surface area (TPSA) is 43.4 Å². The zero-order valence-corrected chi connectivity index (χ0v) is 17.0. The van der Waals surface area contributed by atoms with Crippen LogP contribution in [0.3, 0.4) is 0 Å². The van der Waals surface area contributed by atoms with Crippen LogP contribution in [0.25, 0.3) is 11.1 Å². The van der Waals surface area contributed by atoms with Crippen LogP contribution in [0, 0.1) is 0 Å². The van der Waals surface area contributed by atoms with Gasteiger partial charge < -0.3 is 4.18 Å². The smallest absolute Gasteiger partial charge is 0.358 e. The van der Waals surface area contributed by atoms with Crippen molar-refractivity contribution in [1.82, 2.24) is 0 Å². The van der Waals surface area contributed by atoms with E-state index in [1.807, 2.05) is 39.8 Å². The van der Waals surface area contributed by atoms with Crippen molar-refractivity contribution in [3.05, 3.63) is 91.0 Å². The molecule has 5 heteroatoms. The van der Waals surface area contributed by atoms with Crippen LogP contribution in [0.5, 0.6) is 5.75 Å². The highest BCUT2D eigenvalue weighted by Gasteiger charge is 2.07. The third kappa shape index (κ3) is 11.5. The van der Waals surface area contributed by atoms with E-state index in [9.17, 15) is 12.3 Å². The maximum Gasteiger partial charge on any atom is 0.488 e. The van der Waals surface area contributed by atoms with Crippen molar-refractivity contribution in [3.8, 4) is 16.9 Å². The molecule has 0 unspecified atom stereocenters. The van der Waals surface area contributed by atoms with E-state index in [4.69, 9.17) is 0 Å². The number of halogens is 1. The molecule has 3 nitrogen and oxygen atoms in total. The molecule has 146 valence electrons. The minimum absolute atomic E-state index is 0.0324. The quantitative estimate of drug-likeness (QED) is 0.468. The lowest BCUT2D eigenvalue weighted by atomic mass is 10.1. The second-order valence-electron chi connectivity index (χ2n) is 4.52. The van der Waals surface area contributed by atoms with Gasteiger partial charge in [0.1, 0.15) is 5.75 Å². The second kappa shape index (κ2) is 14.5. The van der Waals surface area contributed by atoms with Crippen molar-refractivity contribution in [1.29, 1.82) is 0 Å². The molecule has 0 aromatic heterocycles. The molecule has 0 N–H and O–H groups in total. The first kappa shape index (κ1) is 24.3. The number of rotatable bonds is 3. The maximum absolute atomic E-state index is 11.8. The van der Waals surface area contributed by atoms with E-state index in [1.165, 1.54) is 23.3 Å². The van der Waals surface area contributed by atoms with Gasteiger partial charge in [0.15, 0.2) is 0 Å². The highest BCUT2D eigenvalue weighted by atomic mass is 32.3. The highest BCUT2D eigenvalue weighted by molar-refractivity contribution is 7.81. The molecule has 0 amide bonds. The lowest BCUT2D eigenvalue weighted by Gasteiger charge is -1.98. The van der Waals surface area contributed by atoms with E-state index >= 15 is 0 Å². The fourth-order valence-corrected chi connectivity index (χ4v) is 2.19. The summed E-state index contributed by atoms with van der Waals surface area (Å²) in [6.07, 6.45) is 0. The molecule has 3 aromatic rings. The van der Waals surface area contributed by atoms with Crippen LogP contribution in [0.4, 0.5) is 3.89 Å². The van der Waals surface area contributed by atoms with Gasteiger partial charge in [-0.1, -0.05) is 110 Å². The van der Waals surface area contributed by atoms with Crippen molar-refractivity contribution in [2.24, 2.45) is 0 Å². The summed E-state index contributed by atoms with van der Waals surface area (Å²) in [6, 6.07) is 28.2. The Balaban J connectivity index is 0.000000425. The van der Waals surface area contributed by atoms with Gasteiger partial charge in [0.25, 0.3) is 0 Å². The molecule has 0 fully saturated rings. The predicted octanol–water partition coefficient (Wildman–Crippen LogP) is 6.69. The van der Waals surface area contributed by atoms with Crippen molar-refractivity contribution in [3.63, 3.8) is 0 Å². The Morgan fingerprint density at radius 2 is 0.889 bits per heavy atom.